The third-order valence-corrected chi connectivity index (χ3v) is 2.98. The van der Waals surface area contributed by atoms with Crippen LogP contribution in [0.2, 0.25) is 0 Å². The quantitative estimate of drug-likeness (QED) is 0.532. The lowest BCUT2D eigenvalue weighted by molar-refractivity contribution is -0.143. The van der Waals surface area contributed by atoms with E-state index in [0.29, 0.717) is 6.42 Å². The average molecular weight is 322 g/mol. The Morgan fingerprint density at radius 2 is 1.61 bits per heavy atom. The van der Waals surface area contributed by atoms with Gasteiger partial charge in [-0.3, -0.25) is 14.4 Å². The molecule has 8 nitrogen and oxygen atoms in total. The summed E-state index contributed by atoms with van der Waals surface area (Å²) in [7, 11) is 0. The minimum absolute atomic E-state index is 0.296. The molecule has 0 fully saturated rings. The van der Waals surface area contributed by atoms with Gasteiger partial charge in [-0.05, 0) is 11.6 Å². The van der Waals surface area contributed by atoms with Gasteiger partial charge in [-0.15, -0.1) is 0 Å². The van der Waals surface area contributed by atoms with Crippen LogP contribution in [0.5, 0.6) is 0 Å². The van der Waals surface area contributed by atoms with Gasteiger partial charge in [0.1, 0.15) is 6.04 Å². The maximum Gasteiger partial charge on any atom is 0.320 e. The highest BCUT2D eigenvalue weighted by molar-refractivity contribution is 5.84. The molecule has 0 radical (unpaired) electrons. The van der Waals surface area contributed by atoms with Gasteiger partial charge in [-0.1, -0.05) is 18.2 Å². The summed E-state index contributed by atoms with van der Waals surface area (Å²) >= 11 is 0. The molecule has 1 aromatic heterocycles. The van der Waals surface area contributed by atoms with Crippen LogP contribution in [0, 0.1) is 0 Å². The predicted octanol–water partition coefficient (Wildman–Crippen LogP) is 1.06. The number of aliphatic carboxylic acids is 3. The third-order valence-electron chi connectivity index (χ3n) is 2.98. The second-order valence-electron chi connectivity index (χ2n) is 4.80. The molecular weight excluding hydrogens is 304 g/mol. The smallest absolute Gasteiger partial charge is 0.320 e. The molecule has 0 aliphatic heterocycles. The zero-order chi connectivity index (χ0) is 17.4. The highest BCUT2D eigenvalue weighted by atomic mass is 16.4. The van der Waals surface area contributed by atoms with Crippen molar-refractivity contribution in [1.82, 2.24) is 4.98 Å². The summed E-state index contributed by atoms with van der Waals surface area (Å²) in [6.45, 7) is 0. The van der Waals surface area contributed by atoms with Crippen molar-refractivity contribution in [2.75, 3.05) is 0 Å². The lowest BCUT2D eigenvalue weighted by Crippen LogP contribution is -2.32. The van der Waals surface area contributed by atoms with Crippen molar-refractivity contribution < 1.29 is 29.7 Å². The fourth-order valence-corrected chi connectivity index (χ4v) is 1.84. The highest BCUT2D eigenvalue weighted by Gasteiger charge is 2.14. The first kappa shape index (κ1) is 18.2. The topological polar surface area (TPSA) is 154 Å². The first-order valence-electron chi connectivity index (χ1n) is 6.78. The standard InChI is InChI=1S/C11H12N2O2.C4H6O4/c12-9(11(14)15)5-7-6-13-10-4-2-1-3-8(7)10;5-3(6)1-2-4(7)8/h1-4,6,9,13H,5,12H2,(H,14,15);1-2H2,(H,5,6)(H,7,8). The lowest BCUT2D eigenvalue weighted by atomic mass is 10.1. The number of carboxylic acids is 3. The van der Waals surface area contributed by atoms with Crippen LogP contribution in [-0.2, 0) is 20.8 Å². The summed E-state index contributed by atoms with van der Waals surface area (Å²) in [5.41, 5.74) is 7.43. The molecule has 0 saturated heterocycles. The Morgan fingerprint density at radius 1 is 1.04 bits per heavy atom. The molecule has 6 N–H and O–H groups in total. The van der Waals surface area contributed by atoms with Crippen LogP contribution in [0.3, 0.4) is 0 Å². The summed E-state index contributed by atoms with van der Waals surface area (Å²) in [5.74, 6) is -3.12. The molecule has 8 heteroatoms. The zero-order valence-electron chi connectivity index (χ0n) is 12.2. The molecule has 1 unspecified atom stereocenters. The zero-order valence-corrected chi connectivity index (χ0v) is 12.2. The van der Waals surface area contributed by atoms with Crippen LogP contribution in [0.15, 0.2) is 30.5 Å². The van der Waals surface area contributed by atoms with E-state index < -0.39 is 23.9 Å². The molecule has 1 aromatic carbocycles. The van der Waals surface area contributed by atoms with Gasteiger partial charge < -0.3 is 26.0 Å². The fraction of sp³-hybridized carbons (Fsp3) is 0.267. The van der Waals surface area contributed by atoms with Crippen molar-refractivity contribution in [2.24, 2.45) is 5.73 Å². The fourth-order valence-electron chi connectivity index (χ4n) is 1.84. The second kappa shape index (κ2) is 8.54. The van der Waals surface area contributed by atoms with Gasteiger partial charge in [0.25, 0.3) is 0 Å². The van der Waals surface area contributed by atoms with Crippen molar-refractivity contribution in [1.29, 1.82) is 0 Å². The van der Waals surface area contributed by atoms with Crippen molar-refractivity contribution in [3.05, 3.63) is 36.0 Å². The minimum Gasteiger partial charge on any atom is -0.481 e. The van der Waals surface area contributed by atoms with Gasteiger partial charge in [0.05, 0.1) is 12.8 Å². The molecule has 0 bridgehead atoms. The summed E-state index contributed by atoms with van der Waals surface area (Å²) in [5, 5.41) is 25.6. The Balaban J connectivity index is 0.000000284. The summed E-state index contributed by atoms with van der Waals surface area (Å²) in [6.07, 6.45) is 1.57. The molecular formula is C15H18N2O6. The Kier molecular flexibility index (Phi) is 6.75. The number of H-pyrrole nitrogens is 1. The first-order chi connectivity index (χ1) is 10.8. The van der Waals surface area contributed by atoms with Crippen LogP contribution in [0.4, 0.5) is 0 Å². The van der Waals surface area contributed by atoms with E-state index in [9.17, 15) is 14.4 Å². The number of para-hydroxylation sites is 1. The maximum absolute atomic E-state index is 10.6. The number of nitrogens with one attached hydrogen (secondary N) is 1. The van der Waals surface area contributed by atoms with E-state index in [0.717, 1.165) is 16.5 Å². The van der Waals surface area contributed by atoms with Crippen LogP contribution in [-0.4, -0.2) is 44.3 Å². The monoisotopic (exact) mass is 322 g/mol. The normalized spacial score (nSPS) is 11.3. The molecule has 124 valence electrons. The van der Waals surface area contributed by atoms with Crippen molar-refractivity contribution in [2.45, 2.75) is 25.3 Å². The van der Waals surface area contributed by atoms with E-state index >= 15 is 0 Å². The molecule has 0 saturated carbocycles. The van der Waals surface area contributed by atoms with Crippen LogP contribution in [0.1, 0.15) is 18.4 Å². The lowest BCUT2D eigenvalue weighted by Gasteiger charge is -2.04. The number of benzene rings is 1. The number of aromatic nitrogens is 1. The second-order valence-corrected chi connectivity index (χ2v) is 4.80. The van der Waals surface area contributed by atoms with Crippen LogP contribution in [0.25, 0.3) is 10.9 Å². The van der Waals surface area contributed by atoms with E-state index in [1.165, 1.54) is 0 Å². The average Bonchev–Trinajstić information content (AvgIpc) is 2.89. The van der Waals surface area contributed by atoms with Crippen LogP contribution < -0.4 is 5.73 Å². The van der Waals surface area contributed by atoms with Gasteiger partial charge in [-0.25, -0.2) is 0 Å². The van der Waals surface area contributed by atoms with Gasteiger partial charge in [0.2, 0.25) is 0 Å². The van der Waals surface area contributed by atoms with Crippen molar-refractivity contribution in [3.8, 4) is 0 Å². The van der Waals surface area contributed by atoms with Crippen LogP contribution >= 0.6 is 0 Å². The molecule has 0 amide bonds. The number of fused-ring (bicyclic) bond motifs is 1. The van der Waals surface area contributed by atoms with E-state index in [1.807, 2.05) is 30.5 Å². The van der Waals surface area contributed by atoms with E-state index in [-0.39, 0.29) is 12.8 Å². The molecule has 1 heterocycles. The Labute approximate surface area is 131 Å². The molecule has 0 spiro atoms. The molecule has 2 rings (SSSR count). The van der Waals surface area contributed by atoms with Gasteiger partial charge >= 0.3 is 17.9 Å². The molecule has 0 aliphatic carbocycles. The number of hydrogen-bond acceptors (Lipinski definition) is 4. The van der Waals surface area contributed by atoms with E-state index in [1.54, 1.807) is 0 Å². The Hall–Kier alpha value is -2.87. The van der Waals surface area contributed by atoms with Crippen molar-refractivity contribution in [3.63, 3.8) is 0 Å². The highest BCUT2D eigenvalue weighted by Crippen LogP contribution is 2.18. The summed E-state index contributed by atoms with van der Waals surface area (Å²) in [6, 6.07) is 6.91. The summed E-state index contributed by atoms with van der Waals surface area (Å²) in [4.78, 5) is 33.0. The number of hydrogen-bond donors (Lipinski definition) is 5. The number of carboxylic acid groups (broad SMARTS) is 3. The van der Waals surface area contributed by atoms with Crippen molar-refractivity contribution >= 4 is 28.8 Å². The largest absolute Gasteiger partial charge is 0.481 e. The van der Waals surface area contributed by atoms with Gasteiger partial charge in [-0.2, -0.15) is 0 Å². The number of carbonyl (C=O) groups is 3. The van der Waals surface area contributed by atoms with E-state index in [2.05, 4.69) is 4.98 Å². The SMILES string of the molecule is NC(Cc1c[nH]c2ccccc12)C(=O)O.O=C(O)CCC(=O)O. The van der Waals surface area contributed by atoms with Gasteiger partial charge in [0, 0.05) is 23.5 Å². The molecule has 23 heavy (non-hydrogen) atoms. The number of aromatic amines is 1. The molecule has 2 aromatic rings. The minimum atomic E-state index is -1.08. The predicted molar refractivity (Wildman–Crippen MR) is 82.1 cm³/mol. The Bertz CT molecular complexity index is 680. The number of rotatable bonds is 6. The molecule has 0 aliphatic rings. The first-order valence-corrected chi connectivity index (χ1v) is 6.78. The maximum atomic E-state index is 10.6. The Morgan fingerprint density at radius 3 is 2.13 bits per heavy atom. The molecule has 1 atom stereocenters. The summed E-state index contributed by atoms with van der Waals surface area (Å²) < 4.78 is 0. The number of nitrogens with two attached hydrogens (primary N) is 1. The third kappa shape index (κ3) is 6.18. The van der Waals surface area contributed by atoms with E-state index in [4.69, 9.17) is 21.1 Å². The van der Waals surface area contributed by atoms with Gasteiger partial charge in [0.15, 0.2) is 0 Å².